The Balaban J connectivity index is 1.61. The maximum absolute atomic E-state index is 13.5. The molecule has 0 N–H and O–H groups in total. The summed E-state index contributed by atoms with van der Waals surface area (Å²) in [7, 11) is 1.29. The van der Waals surface area contributed by atoms with E-state index in [1.807, 2.05) is 30.0 Å². The monoisotopic (exact) mass is 473 g/mol. The molecule has 0 saturated carbocycles. The largest absolute Gasteiger partial charge is 0.464 e. The normalized spacial score (nSPS) is 19.0. The molecule has 4 rings (SSSR count). The van der Waals surface area contributed by atoms with Gasteiger partial charge in [-0.3, -0.25) is 4.79 Å². The second-order valence-electron chi connectivity index (χ2n) is 7.08. The van der Waals surface area contributed by atoms with Gasteiger partial charge in [0.2, 0.25) is 16.3 Å². The highest BCUT2D eigenvalue weighted by molar-refractivity contribution is 9.10. The van der Waals surface area contributed by atoms with E-state index in [1.165, 1.54) is 11.9 Å². The zero-order valence-corrected chi connectivity index (χ0v) is 18.1. The highest BCUT2D eigenvalue weighted by atomic mass is 79.9. The van der Waals surface area contributed by atoms with Gasteiger partial charge in [0.25, 0.3) is 5.91 Å². The van der Waals surface area contributed by atoms with E-state index < -0.39 is 5.97 Å². The van der Waals surface area contributed by atoms with Gasteiger partial charge in [-0.25, -0.2) is 9.78 Å². The lowest BCUT2D eigenvalue weighted by Crippen LogP contribution is -2.45. The molecule has 2 atom stereocenters. The first-order chi connectivity index (χ1) is 14.5. The van der Waals surface area contributed by atoms with Gasteiger partial charge in [0.05, 0.1) is 36.7 Å². The lowest BCUT2D eigenvalue weighted by molar-refractivity contribution is 0.0582. The molecule has 3 aromatic rings. The van der Waals surface area contributed by atoms with E-state index in [-0.39, 0.29) is 28.2 Å². The Labute approximate surface area is 181 Å². The van der Waals surface area contributed by atoms with Gasteiger partial charge < -0.3 is 14.1 Å². The molecule has 1 aromatic carbocycles. The first-order valence-corrected chi connectivity index (χ1v) is 10.3. The number of hydrogen-bond donors (Lipinski definition) is 0. The average Bonchev–Trinajstić information content (AvgIpc) is 3.43. The van der Waals surface area contributed by atoms with E-state index in [1.54, 1.807) is 18.5 Å². The molecule has 10 heteroatoms. The van der Waals surface area contributed by atoms with Crippen LogP contribution in [0.1, 0.15) is 52.4 Å². The predicted molar refractivity (Wildman–Crippen MR) is 109 cm³/mol. The van der Waals surface area contributed by atoms with Gasteiger partial charge in [0.1, 0.15) is 0 Å². The molecule has 1 saturated heterocycles. The number of carbonyl (C=O) groups excluding carboxylic acids is 2. The predicted octanol–water partition coefficient (Wildman–Crippen LogP) is 3.21. The Morgan fingerprint density at radius 1 is 1.20 bits per heavy atom. The lowest BCUT2D eigenvalue weighted by atomic mass is 9.92. The Kier molecular flexibility index (Phi) is 5.67. The van der Waals surface area contributed by atoms with Crippen molar-refractivity contribution in [2.75, 3.05) is 13.7 Å². The molecule has 1 amide bonds. The highest BCUT2D eigenvalue weighted by Gasteiger charge is 2.34. The standard InChI is InChI=1S/C20H20BrN5O4/c1-12-7-8-13(18-24-16(17(21)30-18)20(28)29-2)11-25(12)19(27)14-5-3-4-6-15(14)26-22-9-10-23-26/h3-6,9-10,12-13H,7-8,11H2,1-2H3. The highest BCUT2D eigenvalue weighted by Crippen LogP contribution is 2.33. The number of likely N-dealkylation sites (tertiary alicyclic amines) is 1. The number of halogens is 1. The number of amides is 1. The minimum absolute atomic E-state index is 0.0471. The van der Waals surface area contributed by atoms with Crippen molar-refractivity contribution >= 4 is 27.8 Å². The molecule has 0 radical (unpaired) electrons. The number of para-hydroxylation sites is 1. The summed E-state index contributed by atoms with van der Waals surface area (Å²) in [6, 6.07) is 7.30. The molecular weight excluding hydrogens is 454 g/mol. The first kappa shape index (κ1) is 20.3. The van der Waals surface area contributed by atoms with Gasteiger partial charge in [-0.2, -0.15) is 15.0 Å². The lowest BCUT2D eigenvalue weighted by Gasteiger charge is -2.37. The van der Waals surface area contributed by atoms with Crippen molar-refractivity contribution in [2.24, 2.45) is 0 Å². The minimum atomic E-state index is -0.574. The second-order valence-corrected chi connectivity index (χ2v) is 7.80. The van der Waals surface area contributed by atoms with Crippen LogP contribution in [0.2, 0.25) is 0 Å². The van der Waals surface area contributed by atoms with Crippen LogP contribution in [0.25, 0.3) is 5.69 Å². The Morgan fingerprint density at radius 3 is 2.67 bits per heavy atom. The molecular formula is C20H20BrN5O4. The van der Waals surface area contributed by atoms with Gasteiger partial charge in [-0.15, -0.1) is 0 Å². The van der Waals surface area contributed by atoms with Crippen molar-refractivity contribution in [1.82, 2.24) is 24.9 Å². The van der Waals surface area contributed by atoms with Crippen molar-refractivity contribution < 1.29 is 18.7 Å². The number of benzene rings is 1. The minimum Gasteiger partial charge on any atom is -0.464 e. The number of rotatable bonds is 4. The summed E-state index contributed by atoms with van der Waals surface area (Å²) >= 11 is 3.22. The topological polar surface area (TPSA) is 103 Å². The van der Waals surface area contributed by atoms with Crippen LogP contribution in [0.4, 0.5) is 0 Å². The quantitative estimate of drug-likeness (QED) is 0.535. The zero-order chi connectivity index (χ0) is 21.3. The van der Waals surface area contributed by atoms with Crippen molar-refractivity contribution in [3.63, 3.8) is 0 Å². The number of oxazole rings is 1. The van der Waals surface area contributed by atoms with Crippen LogP contribution < -0.4 is 0 Å². The molecule has 0 spiro atoms. The van der Waals surface area contributed by atoms with E-state index in [4.69, 9.17) is 9.15 Å². The fourth-order valence-corrected chi connectivity index (χ4v) is 4.05. The van der Waals surface area contributed by atoms with Crippen molar-refractivity contribution in [1.29, 1.82) is 0 Å². The summed E-state index contributed by atoms with van der Waals surface area (Å²) in [6.45, 7) is 2.45. The van der Waals surface area contributed by atoms with Crippen LogP contribution in [-0.2, 0) is 4.74 Å². The smallest absolute Gasteiger partial charge is 0.361 e. The fourth-order valence-electron chi connectivity index (χ4n) is 3.63. The number of ether oxygens (including phenoxy) is 1. The van der Waals surface area contributed by atoms with Crippen LogP contribution in [-0.4, -0.2) is 56.5 Å². The van der Waals surface area contributed by atoms with Crippen LogP contribution >= 0.6 is 15.9 Å². The van der Waals surface area contributed by atoms with Crippen molar-refractivity contribution in [2.45, 2.75) is 31.7 Å². The molecule has 2 unspecified atom stereocenters. The number of esters is 1. The van der Waals surface area contributed by atoms with Crippen LogP contribution in [0, 0.1) is 0 Å². The van der Waals surface area contributed by atoms with Gasteiger partial charge in [0.15, 0.2) is 0 Å². The SMILES string of the molecule is COC(=O)c1nc(C2CCC(C)N(C(=O)c3ccccc3-n3nccn3)C2)oc1Br. The summed E-state index contributed by atoms with van der Waals surface area (Å²) in [5.41, 5.74) is 1.23. The molecule has 0 bridgehead atoms. The van der Waals surface area contributed by atoms with Gasteiger partial charge >= 0.3 is 5.97 Å². The molecule has 3 heterocycles. The maximum atomic E-state index is 13.5. The molecule has 1 aliphatic heterocycles. The number of piperidine rings is 1. The van der Waals surface area contributed by atoms with Crippen LogP contribution in [0.5, 0.6) is 0 Å². The summed E-state index contributed by atoms with van der Waals surface area (Å²) < 4.78 is 10.6. The van der Waals surface area contributed by atoms with Gasteiger partial charge in [0, 0.05) is 12.6 Å². The number of hydrogen-bond acceptors (Lipinski definition) is 7. The van der Waals surface area contributed by atoms with Gasteiger partial charge in [-0.05, 0) is 47.8 Å². The third-order valence-electron chi connectivity index (χ3n) is 5.24. The summed E-state index contributed by atoms with van der Waals surface area (Å²) in [6.07, 6.45) is 4.72. The summed E-state index contributed by atoms with van der Waals surface area (Å²) in [5.74, 6) is -0.405. The van der Waals surface area contributed by atoms with E-state index >= 15 is 0 Å². The number of carbonyl (C=O) groups is 2. The van der Waals surface area contributed by atoms with E-state index in [9.17, 15) is 9.59 Å². The molecule has 1 aliphatic rings. The van der Waals surface area contributed by atoms with Crippen LogP contribution in [0.15, 0.2) is 45.7 Å². The maximum Gasteiger partial charge on any atom is 0.361 e. The first-order valence-electron chi connectivity index (χ1n) is 9.50. The summed E-state index contributed by atoms with van der Waals surface area (Å²) in [4.78, 5) is 32.8. The summed E-state index contributed by atoms with van der Waals surface area (Å²) in [5, 5.41) is 8.31. The molecule has 1 fully saturated rings. The Morgan fingerprint density at radius 2 is 1.93 bits per heavy atom. The molecule has 0 aliphatic carbocycles. The van der Waals surface area contributed by atoms with E-state index in [0.717, 1.165) is 12.8 Å². The third kappa shape index (κ3) is 3.74. The fraction of sp³-hybridized carbons (Fsp3) is 0.350. The number of nitrogens with zero attached hydrogens (tertiary/aromatic N) is 5. The number of methoxy groups -OCH3 is 1. The van der Waals surface area contributed by atoms with E-state index in [2.05, 4.69) is 31.1 Å². The second kappa shape index (κ2) is 8.39. The molecule has 156 valence electrons. The van der Waals surface area contributed by atoms with E-state index in [0.29, 0.717) is 23.7 Å². The van der Waals surface area contributed by atoms with Crippen molar-refractivity contribution in [3.05, 3.63) is 58.5 Å². The average molecular weight is 474 g/mol. The number of aromatic nitrogens is 4. The molecule has 2 aromatic heterocycles. The third-order valence-corrected chi connectivity index (χ3v) is 5.78. The zero-order valence-electron chi connectivity index (χ0n) is 16.5. The van der Waals surface area contributed by atoms with Crippen LogP contribution in [0.3, 0.4) is 0 Å². The molecule has 9 nitrogen and oxygen atoms in total. The molecule has 30 heavy (non-hydrogen) atoms. The van der Waals surface area contributed by atoms with Gasteiger partial charge in [-0.1, -0.05) is 12.1 Å². The van der Waals surface area contributed by atoms with Crippen molar-refractivity contribution in [3.8, 4) is 5.69 Å². The Hall–Kier alpha value is -3.01. The Bertz CT molecular complexity index is 1070.